The van der Waals surface area contributed by atoms with Gasteiger partial charge in [-0.05, 0) is 27.2 Å². The number of rotatable bonds is 7. The van der Waals surface area contributed by atoms with Gasteiger partial charge >= 0.3 is 18.0 Å². The van der Waals surface area contributed by atoms with Crippen LogP contribution in [-0.2, 0) is 14.3 Å². The highest BCUT2D eigenvalue weighted by atomic mass is 16.5. The molecule has 0 spiro atoms. The van der Waals surface area contributed by atoms with Crippen LogP contribution in [0.1, 0.15) is 34.1 Å². The Bertz CT molecular complexity index is 357. The number of ether oxygens (including phenoxy) is 1. The number of nitrogens with zero attached hydrogens (tertiary/aromatic N) is 2. The lowest BCUT2D eigenvalue weighted by molar-refractivity contribution is -0.144. The second-order valence-corrected chi connectivity index (χ2v) is 4.68. The Kier molecular flexibility index (Phi) is 7.64. The summed E-state index contributed by atoms with van der Waals surface area (Å²) in [7, 11) is 1.42. The number of carbonyl (C=O) groups excluding carboxylic acids is 2. The summed E-state index contributed by atoms with van der Waals surface area (Å²) in [5, 5.41) is 9.08. The Morgan fingerprint density at radius 2 is 1.75 bits per heavy atom. The first kappa shape index (κ1) is 18.2. The Morgan fingerprint density at radius 1 is 1.20 bits per heavy atom. The number of esters is 1. The van der Waals surface area contributed by atoms with Gasteiger partial charge in [-0.2, -0.15) is 0 Å². The number of carboxylic acids is 1. The molecule has 20 heavy (non-hydrogen) atoms. The van der Waals surface area contributed by atoms with Crippen molar-refractivity contribution in [3.05, 3.63) is 0 Å². The van der Waals surface area contributed by atoms with Crippen molar-refractivity contribution in [3.8, 4) is 0 Å². The van der Waals surface area contributed by atoms with E-state index in [0.29, 0.717) is 6.42 Å². The summed E-state index contributed by atoms with van der Waals surface area (Å²) in [6, 6.07) is -1.64. The highest BCUT2D eigenvalue weighted by Crippen LogP contribution is 2.09. The number of urea groups is 1. The summed E-state index contributed by atoms with van der Waals surface area (Å²) in [6.07, 6.45) is 0.295. The molecule has 0 aromatic carbocycles. The van der Waals surface area contributed by atoms with Crippen LogP contribution in [0.25, 0.3) is 0 Å². The molecule has 0 saturated carbocycles. The zero-order valence-electron chi connectivity index (χ0n) is 12.8. The first-order chi connectivity index (χ1) is 9.26. The molecule has 0 aliphatic rings. The van der Waals surface area contributed by atoms with Crippen LogP contribution in [0, 0.1) is 0 Å². The first-order valence-corrected chi connectivity index (χ1v) is 6.68. The minimum absolute atomic E-state index is 0.190. The summed E-state index contributed by atoms with van der Waals surface area (Å²) >= 11 is 0. The van der Waals surface area contributed by atoms with Crippen LogP contribution in [-0.4, -0.2) is 65.2 Å². The number of carbonyl (C=O) groups is 3. The van der Waals surface area contributed by atoms with Crippen molar-refractivity contribution in [1.29, 1.82) is 0 Å². The molecule has 7 heteroatoms. The van der Waals surface area contributed by atoms with Gasteiger partial charge in [-0.3, -0.25) is 4.79 Å². The van der Waals surface area contributed by atoms with Crippen LogP contribution in [0.2, 0.25) is 0 Å². The molecule has 0 bridgehead atoms. The minimum Gasteiger partial charge on any atom is -0.480 e. The fourth-order valence-corrected chi connectivity index (χ4v) is 1.77. The molecule has 2 amide bonds. The maximum absolute atomic E-state index is 12.3. The van der Waals surface area contributed by atoms with Crippen LogP contribution in [0.5, 0.6) is 0 Å². The minimum atomic E-state index is -1.07. The maximum Gasteiger partial charge on any atom is 0.326 e. The van der Waals surface area contributed by atoms with Crippen molar-refractivity contribution >= 4 is 18.0 Å². The Hall–Kier alpha value is -1.79. The quantitative estimate of drug-likeness (QED) is 0.711. The predicted octanol–water partition coefficient (Wildman–Crippen LogP) is 1.17. The highest BCUT2D eigenvalue weighted by Gasteiger charge is 2.30. The standard InChI is InChI=1S/C13H24N2O5/c1-6-10(12(17)18)14(5)13(19)15(9(3)4)8-11(16)20-7-2/h9-10H,6-8H2,1-5H3,(H,17,18). The molecule has 0 heterocycles. The molecule has 0 saturated heterocycles. The predicted molar refractivity (Wildman–Crippen MR) is 73.3 cm³/mol. The molecular formula is C13H24N2O5. The molecule has 0 fully saturated rings. The van der Waals surface area contributed by atoms with Gasteiger partial charge in [0, 0.05) is 13.1 Å². The molecule has 1 unspecified atom stereocenters. The van der Waals surface area contributed by atoms with Crippen molar-refractivity contribution in [2.45, 2.75) is 46.2 Å². The summed E-state index contributed by atoms with van der Waals surface area (Å²) < 4.78 is 4.82. The van der Waals surface area contributed by atoms with Gasteiger partial charge in [-0.25, -0.2) is 9.59 Å². The Morgan fingerprint density at radius 3 is 2.10 bits per heavy atom. The molecule has 1 atom stereocenters. The average Bonchev–Trinajstić information content (AvgIpc) is 2.35. The molecular weight excluding hydrogens is 264 g/mol. The van der Waals surface area contributed by atoms with E-state index >= 15 is 0 Å². The second-order valence-electron chi connectivity index (χ2n) is 4.68. The van der Waals surface area contributed by atoms with E-state index in [9.17, 15) is 14.4 Å². The summed E-state index contributed by atoms with van der Waals surface area (Å²) in [6.45, 7) is 6.93. The van der Waals surface area contributed by atoms with Crippen molar-refractivity contribution in [3.63, 3.8) is 0 Å². The van der Waals surface area contributed by atoms with Crippen LogP contribution in [0.4, 0.5) is 4.79 Å². The van der Waals surface area contributed by atoms with E-state index in [2.05, 4.69) is 0 Å². The molecule has 116 valence electrons. The lowest BCUT2D eigenvalue weighted by atomic mass is 10.2. The highest BCUT2D eigenvalue weighted by molar-refractivity contribution is 5.85. The summed E-state index contributed by atoms with van der Waals surface area (Å²) in [4.78, 5) is 37.3. The van der Waals surface area contributed by atoms with E-state index in [0.717, 1.165) is 4.90 Å². The fourth-order valence-electron chi connectivity index (χ4n) is 1.77. The zero-order valence-corrected chi connectivity index (χ0v) is 12.8. The molecule has 0 aromatic heterocycles. The molecule has 0 aliphatic carbocycles. The number of hydrogen-bond donors (Lipinski definition) is 1. The van der Waals surface area contributed by atoms with Crippen molar-refractivity contribution in [2.75, 3.05) is 20.2 Å². The maximum atomic E-state index is 12.3. The van der Waals surface area contributed by atoms with Crippen molar-refractivity contribution in [1.82, 2.24) is 9.80 Å². The molecule has 0 aliphatic heterocycles. The molecule has 0 aromatic rings. The normalized spacial score (nSPS) is 11.9. The van der Waals surface area contributed by atoms with Crippen LogP contribution < -0.4 is 0 Å². The Labute approximate surface area is 119 Å². The van der Waals surface area contributed by atoms with E-state index in [4.69, 9.17) is 9.84 Å². The monoisotopic (exact) mass is 288 g/mol. The van der Waals surface area contributed by atoms with E-state index in [-0.39, 0.29) is 19.2 Å². The largest absolute Gasteiger partial charge is 0.480 e. The van der Waals surface area contributed by atoms with Crippen LogP contribution in [0.15, 0.2) is 0 Å². The smallest absolute Gasteiger partial charge is 0.326 e. The van der Waals surface area contributed by atoms with Gasteiger partial charge in [0.15, 0.2) is 0 Å². The van der Waals surface area contributed by atoms with Gasteiger partial charge in [0.1, 0.15) is 12.6 Å². The lowest BCUT2D eigenvalue weighted by Crippen LogP contribution is -2.52. The molecule has 0 radical (unpaired) electrons. The van der Waals surface area contributed by atoms with E-state index in [1.54, 1.807) is 27.7 Å². The number of hydrogen-bond acceptors (Lipinski definition) is 4. The van der Waals surface area contributed by atoms with Crippen molar-refractivity contribution in [2.24, 2.45) is 0 Å². The van der Waals surface area contributed by atoms with Crippen LogP contribution >= 0.6 is 0 Å². The van der Waals surface area contributed by atoms with Gasteiger partial charge in [-0.15, -0.1) is 0 Å². The number of carboxylic acid groups (broad SMARTS) is 1. The molecule has 1 N–H and O–H groups in total. The van der Waals surface area contributed by atoms with Gasteiger partial charge in [0.2, 0.25) is 0 Å². The summed E-state index contributed by atoms with van der Waals surface area (Å²) in [5.74, 6) is -1.57. The number of amides is 2. The lowest BCUT2D eigenvalue weighted by Gasteiger charge is -2.33. The second kappa shape index (κ2) is 8.39. The third kappa shape index (κ3) is 5.07. The third-order valence-corrected chi connectivity index (χ3v) is 2.91. The average molecular weight is 288 g/mol. The fraction of sp³-hybridized carbons (Fsp3) is 0.769. The Balaban J connectivity index is 4.96. The van der Waals surface area contributed by atoms with Crippen molar-refractivity contribution < 1.29 is 24.2 Å². The van der Waals surface area contributed by atoms with Gasteiger partial charge in [0.25, 0.3) is 0 Å². The van der Waals surface area contributed by atoms with E-state index in [1.807, 2.05) is 0 Å². The van der Waals surface area contributed by atoms with Crippen LogP contribution in [0.3, 0.4) is 0 Å². The topological polar surface area (TPSA) is 87.2 Å². The number of aliphatic carboxylic acids is 1. The first-order valence-electron chi connectivity index (χ1n) is 6.68. The third-order valence-electron chi connectivity index (χ3n) is 2.91. The van der Waals surface area contributed by atoms with E-state index in [1.165, 1.54) is 11.9 Å². The zero-order chi connectivity index (χ0) is 15.9. The molecule has 0 rings (SSSR count). The SMILES string of the molecule is CCOC(=O)CN(C(=O)N(C)C(CC)C(=O)O)C(C)C. The molecule has 7 nitrogen and oxygen atoms in total. The van der Waals surface area contributed by atoms with E-state index < -0.39 is 24.0 Å². The number of likely N-dealkylation sites (N-methyl/N-ethyl adjacent to an activating group) is 1. The van der Waals surface area contributed by atoms with Gasteiger partial charge in [0.05, 0.1) is 6.61 Å². The van der Waals surface area contributed by atoms with Gasteiger partial charge < -0.3 is 19.6 Å². The summed E-state index contributed by atoms with van der Waals surface area (Å²) in [5.41, 5.74) is 0. The van der Waals surface area contributed by atoms with Gasteiger partial charge in [-0.1, -0.05) is 6.92 Å².